The fourth-order valence-corrected chi connectivity index (χ4v) is 0.848. The van der Waals surface area contributed by atoms with Gasteiger partial charge < -0.3 is 9.64 Å². The fourth-order valence-electron chi connectivity index (χ4n) is 0.848. The van der Waals surface area contributed by atoms with Crippen molar-refractivity contribution < 1.29 is 4.74 Å². The first kappa shape index (κ1) is 11.4. The quantitative estimate of drug-likeness (QED) is 0.358. The Morgan fingerprint density at radius 2 is 2.08 bits per heavy atom. The summed E-state index contributed by atoms with van der Waals surface area (Å²) in [7, 11) is 2.05. The van der Waals surface area contributed by atoms with Crippen molar-refractivity contribution in [2.24, 2.45) is 4.99 Å². The second kappa shape index (κ2) is 7.10. The van der Waals surface area contributed by atoms with Gasteiger partial charge in [-0.2, -0.15) is 0 Å². The number of amidine groups is 1. The van der Waals surface area contributed by atoms with Crippen molar-refractivity contribution in [2.45, 2.75) is 27.2 Å². The molecule has 0 radical (unpaired) electrons. The van der Waals surface area contributed by atoms with Crippen LogP contribution < -0.4 is 0 Å². The van der Waals surface area contributed by atoms with E-state index in [4.69, 9.17) is 4.74 Å². The van der Waals surface area contributed by atoms with E-state index in [0.717, 1.165) is 25.4 Å². The molecule has 0 aromatic heterocycles. The van der Waals surface area contributed by atoms with Crippen LogP contribution in [-0.2, 0) is 4.74 Å². The van der Waals surface area contributed by atoms with Gasteiger partial charge in [0.25, 0.3) is 0 Å². The highest BCUT2D eigenvalue weighted by molar-refractivity contribution is 5.79. The van der Waals surface area contributed by atoms with E-state index in [1.54, 1.807) is 0 Å². The number of aliphatic imine (C=N–C) groups is 1. The molecule has 12 heavy (non-hydrogen) atoms. The van der Waals surface area contributed by atoms with E-state index in [2.05, 4.69) is 16.8 Å². The minimum absolute atomic E-state index is 0.483. The van der Waals surface area contributed by atoms with Gasteiger partial charge in [0.1, 0.15) is 6.73 Å². The Hall–Kier alpha value is -0.570. The predicted octanol–water partition coefficient (Wildman–Crippen LogP) is 1.74. The molecule has 3 heteroatoms. The van der Waals surface area contributed by atoms with Gasteiger partial charge in [0.15, 0.2) is 0 Å². The first-order valence-corrected chi connectivity index (χ1v) is 4.52. The Bertz CT molecular complexity index is 134. The summed E-state index contributed by atoms with van der Waals surface area (Å²) < 4.78 is 5.12. The zero-order chi connectivity index (χ0) is 9.40. The van der Waals surface area contributed by atoms with E-state index >= 15 is 0 Å². The molecule has 0 saturated carbocycles. The van der Waals surface area contributed by atoms with Crippen molar-refractivity contribution in [3.8, 4) is 0 Å². The minimum atomic E-state index is 0.483. The van der Waals surface area contributed by atoms with E-state index in [0.29, 0.717) is 6.73 Å². The second-order valence-electron chi connectivity index (χ2n) is 2.75. The van der Waals surface area contributed by atoms with Crippen molar-refractivity contribution in [1.29, 1.82) is 0 Å². The molecule has 3 nitrogen and oxygen atoms in total. The highest BCUT2D eigenvalue weighted by Crippen LogP contribution is 1.90. The van der Waals surface area contributed by atoms with Crippen molar-refractivity contribution in [3.63, 3.8) is 0 Å². The lowest BCUT2D eigenvalue weighted by Gasteiger charge is -2.17. The maximum atomic E-state index is 5.12. The Labute approximate surface area is 75.4 Å². The Balaban J connectivity index is 3.65. The van der Waals surface area contributed by atoms with Gasteiger partial charge in [-0.1, -0.05) is 6.92 Å². The second-order valence-corrected chi connectivity index (χ2v) is 2.75. The molecule has 0 atom stereocenters. The van der Waals surface area contributed by atoms with E-state index in [-0.39, 0.29) is 0 Å². The maximum Gasteiger partial charge on any atom is 0.139 e. The van der Waals surface area contributed by atoms with Gasteiger partial charge in [0.2, 0.25) is 0 Å². The maximum absolute atomic E-state index is 5.12. The monoisotopic (exact) mass is 172 g/mol. The molecular formula is C9H20N2O. The molecular weight excluding hydrogens is 152 g/mol. The van der Waals surface area contributed by atoms with Crippen LogP contribution in [0, 0.1) is 0 Å². The number of hydrogen-bond donors (Lipinski definition) is 0. The summed E-state index contributed by atoms with van der Waals surface area (Å²) >= 11 is 0. The predicted molar refractivity (Wildman–Crippen MR) is 52.5 cm³/mol. The SMILES string of the molecule is CCCN(C)C(C)=NCOCC. The standard InChI is InChI=1S/C9H20N2O/c1-5-7-11(4)9(3)10-8-12-6-2/h5-8H2,1-4H3. The Kier molecular flexibility index (Phi) is 6.76. The summed E-state index contributed by atoms with van der Waals surface area (Å²) in [6.07, 6.45) is 1.15. The molecule has 0 bridgehead atoms. The summed E-state index contributed by atoms with van der Waals surface area (Å²) in [5.74, 6) is 1.05. The van der Waals surface area contributed by atoms with E-state index in [1.807, 2.05) is 20.9 Å². The van der Waals surface area contributed by atoms with Crippen LogP contribution >= 0.6 is 0 Å². The minimum Gasteiger partial charge on any atom is -0.364 e. The molecule has 0 aliphatic carbocycles. The van der Waals surface area contributed by atoms with Gasteiger partial charge in [-0.25, -0.2) is 4.99 Å². The van der Waals surface area contributed by atoms with Crippen LogP contribution in [0.25, 0.3) is 0 Å². The lowest BCUT2D eigenvalue weighted by Crippen LogP contribution is -2.25. The first-order valence-electron chi connectivity index (χ1n) is 4.52. The number of ether oxygens (including phenoxy) is 1. The third kappa shape index (κ3) is 5.13. The molecule has 0 aromatic carbocycles. The first-order chi connectivity index (χ1) is 5.72. The Morgan fingerprint density at radius 1 is 1.42 bits per heavy atom. The molecule has 0 aromatic rings. The van der Waals surface area contributed by atoms with Crippen LogP contribution in [0.1, 0.15) is 27.2 Å². The summed E-state index contributed by atoms with van der Waals surface area (Å²) in [6.45, 7) is 8.41. The van der Waals surface area contributed by atoms with Gasteiger partial charge in [-0.15, -0.1) is 0 Å². The number of rotatable bonds is 5. The molecule has 0 amide bonds. The van der Waals surface area contributed by atoms with Crippen LogP contribution in [0.5, 0.6) is 0 Å². The van der Waals surface area contributed by atoms with Crippen molar-refractivity contribution in [3.05, 3.63) is 0 Å². The highest BCUT2D eigenvalue weighted by Gasteiger charge is 1.96. The highest BCUT2D eigenvalue weighted by atomic mass is 16.5. The van der Waals surface area contributed by atoms with Crippen LogP contribution in [0.2, 0.25) is 0 Å². The molecule has 72 valence electrons. The fraction of sp³-hybridized carbons (Fsp3) is 0.889. The smallest absolute Gasteiger partial charge is 0.139 e. The van der Waals surface area contributed by atoms with E-state index in [9.17, 15) is 0 Å². The van der Waals surface area contributed by atoms with Crippen molar-refractivity contribution in [2.75, 3.05) is 26.9 Å². The number of hydrogen-bond acceptors (Lipinski definition) is 2. The lowest BCUT2D eigenvalue weighted by atomic mass is 10.4. The number of nitrogens with zero attached hydrogens (tertiary/aromatic N) is 2. The topological polar surface area (TPSA) is 24.8 Å². The molecule has 0 saturated heterocycles. The average molecular weight is 172 g/mol. The summed E-state index contributed by atoms with van der Waals surface area (Å²) in [5.41, 5.74) is 0. The van der Waals surface area contributed by atoms with Crippen LogP contribution in [-0.4, -0.2) is 37.7 Å². The molecule has 0 unspecified atom stereocenters. The van der Waals surface area contributed by atoms with Crippen molar-refractivity contribution in [1.82, 2.24) is 4.90 Å². The van der Waals surface area contributed by atoms with Crippen LogP contribution in [0.4, 0.5) is 0 Å². The van der Waals surface area contributed by atoms with Crippen LogP contribution in [0.3, 0.4) is 0 Å². The zero-order valence-electron chi connectivity index (χ0n) is 8.63. The zero-order valence-corrected chi connectivity index (χ0v) is 8.63. The van der Waals surface area contributed by atoms with E-state index in [1.165, 1.54) is 0 Å². The summed E-state index contributed by atoms with van der Waals surface area (Å²) in [5, 5.41) is 0. The molecule has 0 rings (SSSR count). The van der Waals surface area contributed by atoms with E-state index < -0.39 is 0 Å². The van der Waals surface area contributed by atoms with Gasteiger partial charge in [-0.05, 0) is 20.3 Å². The Morgan fingerprint density at radius 3 is 2.58 bits per heavy atom. The van der Waals surface area contributed by atoms with Gasteiger partial charge in [-0.3, -0.25) is 0 Å². The largest absolute Gasteiger partial charge is 0.364 e. The average Bonchev–Trinajstić information content (AvgIpc) is 2.05. The molecule has 0 N–H and O–H groups in total. The molecule has 0 heterocycles. The molecule has 0 fully saturated rings. The summed E-state index contributed by atoms with van der Waals surface area (Å²) in [4.78, 5) is 6.39. The third-order valence-electron chi connectivity index (χ3n) is 1.70. The van der Waals surface area contributed by atoms with Gasteiger partial charge >= 0.3 is 0 Å². The lowest BCUT2D eigenvalue weighted by molar-refractivity contribution is 0.155. The normalized spacial score (nSPS) is 11.8. The summed E-state index contributed by atoms with van der Waals surface area (Å²) in [6, 6.07) is 0. The molecule has 0 aliphatic rings. The molecule has 0 spiro atoms. The third-order valence-corrected chi connectivity index (χ3v) is 1.70. The van der Waals surface area contributed by atoms with Gasteiger partial charge in [0.05, 0.1) is 5.84 Å². The van der Waals surface area contributed by atoms with Crippen LogP contribution in [0.15, 0.2) is 4.99 Å². The molecule has 0 aliphatic heterocycles. The van der Waals surface area contributed by atoms with Gasteiger partial charge in [0, 0.05) is 20.2 Å². The van der Waals surface area contributed by atoms with Crippen molar-refractivity contribution >= 4 is 5.84 Å².